The van der Waals surface area contributed by atoms with Crippen molar-refractivity contribution in [1.29, 1.82) is 0 Å². The molecule has 0 N–H and O–H groups in total. The minimum absolute atomic E-state index is 0.287. The zero-order valence-corrected chi connectivity index (χ0v) is 16.6. The fourth-order valence-electron chi connectivity index (χ4n) is 2.84. The number of methoxy groups -OCH3 is 2. The molecule has 0 atom stereocenters. The summed E-state index contributed by atoms with van der Waals surface area (Å²) < 4.78 is 10.4. The van der Waals surface area contributed by atoms with Crippen LogP contribution in [0.3, 0.4) is 0 Å². The number of hydrogen-bond donors (Lipinski definition) is 0. The van der Waals surface area contributed by atoms with Crippen LogP contribution in [0, 0.1) is 0 Å². The molecule has 26 heavy (non-hydrogen) atoms. The van der Waals surface area contributed by atoms with Gasteiger partial charge in [0.15, 0.2) is 11.5 Å². The summed E-state index contributed by atoms with van der Waals surface area (Å²) in [6.45, 7) is 2.65. The molecule has 0 saturated carbocycles. The van der Waals surface area contributed by atoms with Crippen molar-refractivity contribution in [3.8, 4) is 11.5 Å². The summed E-state index contributed by atoms with van der Waals surface area (Å²) in [5, 5.41) is 0. The van der Waals surface area contributed by atoms with E-state index >= 15 is 0 Å². The van der Waals surface area contributed by atoms with Gasteiger partial charge in [0.05, 0.1) is 20.8 Å². The average molecular weight is 366 g/mol. The van der Waals surface area contributed by atoms with E-state index in [1.807, 2.05) is 0 Å². The smallest absolute Gasteiger partial charge is 0.376 e. The van der Waals surface area contributed by atoms with Gasteiger partial charge in [-0.3, -0.25) is 4.89 Å². The van der Waals surface area contributed by atoms with Crippen molar-refractivity contribution >= 4 is 5.97 Å². The zero-order chi connectivity index (χ0) is 19.0. The first-order chi connectivity index (χ1) is 12.7. The third kappa shape index (κ3) is 8.56. The van der Waals surface area contributed by atoms with Crippen LogP contribution in [0.15, 0.2) is 18.2 Å². The van der Waals surface area contributed by atoms with Crippen molar-refractivity contribution < 1.29 is 24.0 Å². The van der Waals surface area contributed by atoms with Gasteiger partial charge in [0.1, 0.15) is 5.56 Å². The first-order valence-corrected chi connectivity index (χ1v) is 9.79. The largest absolute Gasteiger partial charge is 0.493 e. The van der Waals surface area contributed by atoms with Crippen LogP contribution < -0.4 is 9.47 Å². The van der Waals surface area contributed by atoms with Crippen molar-refractivity contribution in [2.45, 2.75) is 71.1 Å². The molecule has 0 radical (unpaired) electrons. The Bertz CT molecular complexity index is 501. The van der Waals surface area contributed by atoms with Crippen LogP contribution in [0.1, 0.15) is 81.5 Å². The van der Waals surface area contributed by atoms with Crippen molar-refractivity contribution in [1.82, 2.24) is 0 Å². The molecule has 1 rings (SSSR count). The second-order valence-electron chi connectivity index (χ2n) is 6.42. The van der Waals surface area contributed by atoms with E-state index in [9.17, 15) is 4.79 Å². The summed E-state index contributed by atoms with van der Waals surface area (Å²) in [4.78, 5) is 22.0. The standard InChI is InChI=1S/C21H34O5/c1-4-5-6-7-8-9-10-11-12-13-17-25-26-21(22)18-15-14-16-19(23-2)20(18)24-3/h14-16H,4-13,17H2,1-3H3. The molecule has 148 valence electrons. The Balaban J connectivity index is 2.11. The first kappa shape index (κ1) is 22.3. The van der Waals surface area contributed by atoms with E-state index in [0.29, 0.717) is 18.1 Å². The van der Waals surface area contributed by atoms with Crippen LogP contribution in [0.25, 0.3) is 0 Å². The van der Waals surface area contributed by atoms with Gasteiger partial charge in [-0.15, -0.1) is 0 Å². The molecule has 0 aliphatic carbocycles. The van der Waals surface area contributed by atoms with E-state index in [4.69, 9.17) is 19.2 Å². The second-order valence-corrected chi connectivity index (χ2v) is 6.42. The lowest BCUT2D eigenvalue weighted by atomic mass is 10.1. The lowest BCUT2D eigenvalue weighted by Crippen LogP contribution is -2.09. The third-order valence-corrected chi connectivity index (χ3v) is 4.34. The van der Waals surface area contributed by atoms with E-state index in [0.717, 1.165) is 12.8 Å². The predicted octanol–water partition coefficient (Wildman–Crippen LogP) is 5.71. The van der Waals surface area contributed by atoms with Gasteiger partial charge >= 0.3 is 5.97 Å². The fourth-order valence-corrected chi connectivity index (χ4v) is 2.84. The highest BCUT2D eigenvalue weighted by Crippen LogP contribution is 2.31. The number of carbonyl (C=O) groups excluding carboxylic acids is 1. The van der Waals surface area contributed by atoms with Crippen LogP contribution in [-0.4, -0.2) is 26.8 Å². The van der Waals surface area contributed by atoms with Gasteiger partial charge in [0, 0.05) is 0 Å². The Kier molecular flexibility index (Phi) is 12.4. The van der Waals surface area contributed by atoms with E-state index in [-0.39, 0.29) is 5.56 Å². The minimum atomic E-state index is -0.576. The lowest BCUT2D eigenvalue weighted by Gasteiger charge is -2.11. The van der Waals surface area contributed by atoms with Crippen LogP contribution in [0.4, 0.5) is 0 Å². The highest BCUT2D eigenvalue weighted by atomic mass is 17.2. The van der Waals surface area contributed by atoms with Crippen molar-refractivity contribution in [3.63, 3.8) is 0 Å². The van der Waals surface area contributed by atoms with Crippen molar-refractivity contribution in [3.05, 3.63) is 23.8 Å². The van der Waals surface area contributed by atoms with Crippen LogP contribution >= 0.6 is 0 Å². The van der Waals surface area contributed by atoms with Crippen molar-refractivity contribution in [2.75, 3.05) is 20.8 Å². The zero-order valence-electron chi connectivity index (χ0n) is 16.6. The van der Waals surface area contributed by atoms with E-state index in [1.54, 1.807) is 18.2 Å². The monoisotopic (exact) mass is 366 g/mol. The molecule has 5 nitrogen and oxygen atoms in total. The molecular formula is C21H34O5. The topological polar surface area (TPSA) is 54.0 Å². The highest BCUT2D eigenvalue weighted by Gasteiger charge is 2.18. The molecule has 0 amide bonds. The van der Waals surface area contributed by atoms with Gasteiger partial charge in [-0.05, 0) is 18.6 Å². The molecule has 5 heteroatoms. The van der Waals surface area contributed by atoms with Crippen LogP contribution in [0.5, 0.6) is 11.5 Å². The third-order valence-electron chi connectivity index (χ3n) is 4.34. The summed E-state index contributed by atoms with van der Waals surface area (Å²) in [5.41, 5.74) is 0.287. The summed E-state index contributed by atoms with van der Waals surface area (Å²) in [5.74, 6) is 0.256. The molecule has 0 aliphatic heterocycles. The fraction of sp³-hybridized carbons (Fsp3) is 0.667. The van der Waals surface area contributed by atoms with E-state index in [2.05, 4.69) is 6.92 Å². The van der Waals surface area contributed by atoms with Gasteiger partial charge in [-0.1, -0.05) is 70.8 Å². The molecular weight excluding hydrogens is 332 g/mol. The van der Waals surface area contributed by atoms with Crippen LogP contribution in [0.2, 0.25) is 0 Å². The number of para-hydroxylation sites is 1. The van der Waals surface area contributed by atoms with E-state index < -0.39 is 5.97 Å². The second kappa shape index (κ2) is 14.4. The van der Waals surface area contributed by atoms with Gasteiger partial charge in [0.2, 0.25) is 0 Å². The number of benzene rings is 1. The molecule has 0 aliphatic rings. The van der Waals surface area contributed by atoms with Gasteiger partial charge < -0.3 is 9.47 Å². The summed E-state index contributed by atoms with van der Waals surface area (Å²) in [7, 11) is 3.01. The van der Waals surface area contributed by atoms with Crippen molar-refractivity contribution in [2.24, 2.45) is 0 Å². The van der Waals surface area contributed by atoms with Gasteiger partial charge in [-0.25, -0.2) is 4.79 Å². The Hall–Kier alpha value is -1.75. The molecule has 0 aromatic heterocycles. The van der Waals surface area contributed by atoms with Crippen LogP contribution in [-0.2, 0) is 9.78 Å². The van der Waals surface area contributed by atoms with E-state index in [1.165, 1.54) is 65.6 Å². The maximum absolute atomic E-state index is 12.1. The lowest BCUT2D eigenvalue weighted by molar-refractivity contribution is -0.241. The minimum Gasteiger partial charge on any atom is -0.493 e. The predicted molar refractivity (Wildman–Crippen MR) is 103 cm³/mol. The summed E-state index contributed by atoms with van der Waals surface area (Å²) in [6.07, 6.45) is 12.5. The number of carbonyl (C=O) groups is 1. The maximum atomic E-state index is 12.1. The molecule has 0 bridgehead atoms. The molecule has 0 saturated heterocycles. The number of unbranched alkanes of at least 4 members (excludes halogenated alkanes) is 9. The number of hydrogen-bond acceptors (Lipinski definition) is 5. The van der Waals surface area contributed by atoms with Gasteiger partial charge in [-0.2, -0.15) is 4.89 Å². The normalized spacial score (nSPS) is 10.6. The Labute approximate surface area is 157 Å². The molecule has 0 fully saturated rings. The molecule has 1 aromatic rings. The first-order valence-electron chi connectivity index (χ1n) is 9.79. The summed E-state index contributed by atoms with van der Waals surface area (Å²) >= 11 is 0. The number of ether oxygens (including phenoxy) is 2. The SMILES string of the molecule is CCCCCCCCCCCCOOC(=O)c1cccc(OC)c1OC. The Morgan fingerprint density at radius 2 is 1.46 bits per heavy atom. The molecule has 1 aromatic carbocycles. The average Bonchev–Trinajstić information content (AvgIpc) is 2.67. The van der Waals surface area contributed by atoms with Gasteiger partial charge in [0.25, 0.3) is 0 Å². The Morgan fingerprint density at radius 3 is 2.04 bits per heavy atom. The molecule has 0 unspecified atom stereocenters. The quantitative estimate of drug-likeness (QED) is 0.226. The number of rotatable bonds is 15. The maximum Gasteiger partial charge on any atom is 0.376 e. The molecule has 0 heterocycles. The molecule has 0 spiro atoms. The Morgan fingerprint density at radius 1 is 0.846 bits per heavy atom. The highest BCUT2D eigenvalue weighted by molar-refractivity contribution is 5.93. The summed E-state index contributed by atoms with van der Waals surface area (Å²) in [6, 6.07) is 5.05.